The van der Waals surface area contributed by atoms with Crippen LogP contribution >= 0.6 is 0 Å². The molecule has 8 nitrogen and oxygen atoms in total. The first kappa shape index (κ1) is 15.0. The molecule has 0 radical (unpaired) electrons. The summed E-state index contributed by atoms with van der Waals surface area (Å²) in [6.07, 6.45) is -1.69. The number of carboxylic acid groups (broad SMARTS) is 1. The van der Waals surface area contributed by atoms with Crippen LogP contribution < -0.4 is 4.90 Å². The summed E-state index contributed by atoms with van der Waals surface area (Å²) in [6, 6.07) is 5.92. The molecule has 2 N–H and O–H groups in total. The number of amides is 4. The Kier molecular flexibility index (Phi) is 3.32. The van der Waals surface area contributed by atoms with Crippen LogP contribution in [0, 0.1) is 5.41 Å². The van der Waals surface area contributed by atoms with Crippen molar-refractivity contribution in [2.24, 2.45) is 5.41 Å². The van der Waals surface area contributed by atoms with Crippen molar-refractivity contribution in [3.63, 3.8) is 0 Å². The highest BCUT2D eigenvalue weighted by Crippen LogP contribution is 2.42. The number of nitrogens with zero attached hydrogens (tertiary/aromatic N) is 2. The van der Waals surface area contributed by atoms with Crippen LogP contribution in [0.15, 0.2) is 24.3 Å². The zero-order chi connectivity index (χ0) is 16.8. The number of benzene rings is 1. The van der Waals surface area contributed by atoms with E-state index < -0.39 is 23.3 Å². The second-order valence-corrected chi connectivity index (χ2v) is 5.77. The van der Waals surface area contributed by atoms with E-state index in [-0.39, 0.29) is 42.4 Å². The third kappa shape index (κ3) is 2.32. The Morgan fingerprint density at radius 2 is 1.74 bits per heavy atom. The van der Waals surface area contributed by atoms with Gasteiger partial charge in [-0.2, -0.15) is 4.90 Å². The van der Waals surface area contributed by atoms with Crippen molar-refractivity contribution in [1.82, 2.24) is 4.90 Å². The third-order valence-corrected chi connectivity index (χ3v) is 4.33. The molecule has 2 saturated heterocycles. The number of hydrogen-bond acceptors (Lipinski definition) is 5. The molecule has 4 amide bonds. The van der Waals surface area contributed by atoms with Gasteiger partial charge in [-0.25, -0.2) is 4.79 Å². The Morgan fingerprint density at radius 1 is 1.09 bits per heavy atom. The summed E-state index contributed by atoms with van der Waals surface area (Å²) in [7, 11) is 0. The average molecular weight is 318 g/mol. The van der Waals surface area contributed by atoms with Gasteiger partial charge in [0.1, 0.15) is 5.75 Å². The number of phenols is 1. The number of hydrogen-bond donors (Lipinski definition) is 2. The lowest BCUT2D eigenvalue weighted by atomic mass is 9.78. The van der Waals surface area contributed by atoms with Crippen LogP contribution in [0.4, 0.5) is 10.5 Å². The quantitative estimate of drug-likeness (QED) is 0.745. The SMILES string of the molecule is O=C(O)N1C(=O)CCC2(CC(=O)N(c3ccc(O)cc3)C2)C1=O. The molecule has 0 aromatic heterocycles. The van der Waals surface area contributed by atoms with Crippen LogP contribution in [-0.4, -0.2) is 45.5 Å². The van der Waals surface area contributed by atoms with Crippen LogP contribution in [-0.2, 0) is 14.4 Å². The van der Waals surface area contributed by atoms with E-state index in [1.165, 1.54) is 17.0 Å². The Bertz CT molecular complexity index is 713. The smallest absolute Gasteiger partial charge is 0.421 e. The van der Waals surface area contributed by atoms with Crippen molar-refractivity contribution in [1.29, 1.82) is 0 Å². The number of aromatic hydroxyl groups is 1. The summed E-state index contributed by atoms with van der Waals surface area (Å²) in [5.74, 6) is -1.87. The molecule has 8 heteroatoms. The van der Waals surface area contributed by atoms with Gasteiger partial charge in [0.2, 0.25) is 17.7 Å². The predicted octanol–water partition coefficient (Wildman–Crippen LogP) is 0.942. The van der Waals surface area contributed by atoms with E-state index in [2.05, 4.69) is 0 Å². The van der Waals surface area contributed by atoms with Crippen molar-refractivity contribution in [2.75, 3.05) is 11.4 Å². The Labute approximate surface area is 130 Å². The molecule has 1 unspecified atom stereocenters. The maximum absolute atomic E-state index is 12.5. The monoisotopic (exact) mass is 318 g/mol. The van der Waals surface area contributed by atoms with Gasteiger partial charge < -0.3 is 15.1 Å². The highest BCUT2D eigenvalue weighted by molar-refractivity contribution is 6.14. The Morgan fingerprint density at radius 3 is 2.35 bits per heavy atom. The zero-order valence-corrected chi connectivity index (χ0v) is 12.1. The number of carbonyl (C=O) groups is 4. The third-order valence-electron chi connectivity index (χ3n) is 4.33. The van der Waals surface area contributed by atoms with E-state index in [0.29, 0.717) is 5.69 Å². The molecule has 1 atom stereocenters. The van der Waals surface area contributed by atoms with Crippen LogP contribution in [0.2, 0.25) is 0 Å². The fourth-order valence-corrected chi connectivity index (χ4v) is 3.12. The lowest BCUT2D eigenvalue weighted by molar-refractivity contribution is -0.154. The Hall–Kier alpha value is -2.90. The number of anilines is 1. The lowest BCUT2D eigenvalue weighted by Gasteiger charge is -2.34. The highest BCUT2D eigenvalue weighted by Gasteiger charge is 2.55. The minimum atomic E-state index is -1.62. The maximum atomic E-state index is 12.5. The van der Waals surface area contributed by atoms with E-state index in [0.717, 1.165) is 0 Å². The first-order valence-electron chi connectivity index (χ1n) is 7.04. The van der Waals surface area contributed by atoms with Gasteiger partial charge >= 0.3 is 6.09 Å². The summed E-state index contributed by atoms with van der Waals surface area (Å²) in [4.78, 5) is 49.2. The number of rotatable bonds is 1. The van der Waals surface area contributed by atoms with E-state index in [4.69, 9.17) is 5.11 Å². The molecule has 2 aliphatic rings. The zero-order valence-electron chi connectivity index (χ0n) is 12.1. The normalized spacial score (nSPS) is 24.6. The molecule has 0 saturated carbocycles. The van der Waals surface area contributed by atoms with Gasteiger partial charge in [-0.3, -0.25) is 14.4 Å². The van der Waals surface area contributed by atoms with Crippen molar-refractivity contribution < 1.29 is 29.4 Å². The molecule has 0 aliphatic carbocycles. The number of phenolic OH excluding ortho intramolecular Hbond substituents is 1. The summed E-state index contributed by atoms with van der Waals surface area (Å²) in [5.41, 5.74) is -0.683. The molecule has 23 heavy (non-hydrogen) atoms. The van der Waals surface area contributed by atoms with Crippen molar-refractivity contribution in [2.45, 2.75) is 19.3 Å². The molecule has 1 aromatic carbocycles. The summed E-state index contributed by atoms with van der Waals surface area (Å²) in [6.45, 7) is 0.0203. The maximum Gasteiger partial charge on any atom is 0.421 e. The van der Waals surface area contributed by atoms with Gasteiger partial charge in [-0.05, 0) is 30.7 Å². The molecule has 120 valence electrons. The lowest BCUT2D eigenvalue weighted by Crippen LogP contribution is -2.54. The van der Waals surface area contributed by atoms with Crippen molar-refractivity contribution in [3.8, 4) is 5.75 Å². The predicted molar refractivity (Wildman–Crippen MR) is 76.6 cm³/mol. The fraction of sp³-hybridized carbons (Fsp3) is 0.333. The molecular weight excluding hydrogens is 304 g/mol. The number of likely N-dealkylation sites (tertiary alicyclic amines) is 1. The minimum absolute atomic E-state index is 0.0203. The fourth-order valence-electron chi connectivity index (χ4n) is 3.12. The molecule has 0 bridgehead atoms. The summed E-state index contributed by atoms with van der Waals surface area (Å²) in [5, 5.41) is 18.4. The van der Waals surface area contributed by atoms with E-state index in [1.807, 2.05) is 0 Å². The second-order valence-electron chi connectivity index (χ2n) is 5.77. The van der Waals surface area contributed by atoms with E-state index in [9.17, 15) is 24.3 Å². The van der Waals surface area contributed by atoms with Gasteiger partial charge in [-0.15, -0.1) is 0 Å². The van der Waals surface area contributed by atoms with Gasteiger partial charge in [0.15, 0.2) is 0 Å². The number of piperidine rings is 1. The molecule has 2 fully saturated rings. The van der Waals surface area contributed by atoms with Crippen LogP contribution in [0.1, 0.15) is 19.3 Å². The van der Waals surface area contributed by atoms with E-state index in [1.54, 1.807) is 12.1 Å². The molecule has 3 rings (SSSR count). The van der Waals surface area contributed by atoms with Gasteiger partial charge in [0.25, 0.3) is 0 Å². The Balaban J connectivity index is 1.91. The summed E-state index contributed by atoms with van der Waals surface area (Å²) < 4.78 is 0. The average Bonchev–Trinajstić information content (AvgIpc) is 2.82. The van der Waals surface area contributed by atoms with Gasteiger partial charge in [0.05, 0.1) is 5.41 Å². The number of carbonyl (C=O) groups excluding carboxylic acids is 3. The van der Waals surface area contributed by atoms with E-state index >= 15 is 0 Å². The van der Waals surface area contributed by atoms with Crippen molar-refractivity contribution >= 4 is 29.5 Å². The van der Waals surface area contributed by atoms with Crippen LogP contribution in [0.25, 0.3) is 0 Å². The first-order chi connectivity index (χ1) is 10.8. The molecule has 2 aliphatic heterocycles. The van der Waals surface area contributed by atoms with Crippen LogP contribution in [0.5, 0.6) is 5.75 Å². The highest BCUT2D eigenvalue weighted by atomic mass is 16.4. The first-order valence-corrected chi connectivity index (χ1v) is 7.04. The molecular formula is C15H14N2O6. The van der Waals surface area contributed by atoms with Gasteiger partial charge in [0, 0.05) is 25.1 Å². The number of imide groups is 3. The second kappa shape index (κ2) is 5.08. The minimum Gasteiger partial charge on any atom is -0.508 e. The molecule has 1 aromatic rings. The molecule has 1 spiro atoms. The van der Waals surface area contributed by atoms with Crippen molar-refractivity contribution in [3.05, 3.63) is 24.3 Å². The largest absolute Gasteiger partial charge is 0.508 e. The van der Waals surface area contributed by atoms with Gasteiger partial charge in [-0.1, -0.05) is 0 Å². The van der Waals surface area contributed by atoms with Crippen LogP contribution in [0.3, 0.4) is 0 Å². The molecule has 2 heterocycles. The summed E-state index contributed by atoms with van der Waals surface area (Å²) >= 11 is 0. The standard InChI is InChI=1S/C15H14N2O6/c18-10-3-1-9(2-4-10)16-8-15(7-12(16)20)6-5-11(19)17(13(15)21)14(22)23/h1-4,18H,5-8H2,(H,22,23). The topological polar surface area (TPSA) is 115 Å².